The maximum Gasteiger partial charge on any atom is 0.261 e. The summed E-state index contributed by atoms with van der Waals surface area (Å²) in [5, 5.41) is 1.19. The smallest absolute Gasteiger partial charge is 0.261 e. The van der Waals surface area contributed by atoms with Crippen LogP contribution in [0.15, 0.2) is 50.9 Å². The number of ether oxygens (including phenoxy) is 2. The third-order valence-electron chi connectivity index (χ3n) is 2.89. The van der Waals surface area contributed by atoms with Crippen LogP contribution in [0, 0.1) is 0 Å². The highest BCUT2D eigenvalue weighted by molar-refractivity contribution is 7.99. The Kier molecular flexibility index (Phi) is 3.94. The molecule has 6 heteroatoms. The van der Waals surface area contributed by atoms with Gasteiger partial charge in [-0.2, -0.15) is 0 Å². The van der Waals surface area contributed by atoms with E-state index in [0.717, 1.165) is 10.4 Å². The van der Waals surface area contributed by atoms with Crippen molar-refractivity contribution in [3.8, 4) is 11.5 Å². The lowest BCUT2D eigenvalue weighted by molar-refractivity contribution is 0.354. The first-order valence-electron chi connectivity index (χ1n) is 6.15. The van der Waals surface area contributed by atoms with Crippen LogP contribution in [0.3, 0.4) is 0 Å². The van der Waals surface area contributed by atoms with Gasteiger partial charge in [-0.3, -0.25) is 0 Å². The lowest BCUT2D eigenvalue weighted by atomic mass is 10.3. The van der Waals surface area contributed by atoms with E-state index in [4.69, 9.17) is 25.5 Å². The fourth-order valence-electron chi connectivity index (χ4n) is 1.90. The van der Waals surface area contributed by atoms with Gasteiger partial charge in [-0.15, -0.1) is 0 Å². The van der Waals surface area contributed by atoms with E-state index in [-0.39, 0.29) is 0 Å². The summed E-state index contributed by atoms with van der Waals surface area (Å²) in [6.07, 6.45) is 0. The van der Waals surface area contributed by atoms with E-state index in [0.29, 0.717) is 27.3 Å². The van der Waals surface area contributed by atoms with Crippen molar-refractivity contribution in [2.75, 3.05) is 14.2 Å². The molecular weight excluding hydrogens is 310 g/mol. The van der Waals surface area contributed by atoms with Crippen molar-refractivity contribution in [1.82, 2.24) is 4.98 Å². The Hall–Kier alpha value is -1.85. The van der Waals surface area contributed by atoms with Crippen LogP contribution < -0.4 is 9.47 Å². The van der Waals surface area contributed by atoms with Crippen molar-refractivity contribution in [2.24, 2.45) is 0 Å². The maximum absolute atomic E-state index is 5.94. The Labute approximate surface area is 131 Å². The number of hydrogen-bond acceptors (Lipinski definition) is 5. The van der Waals surface area contributed by atoms with Crippen LogP contribution in [0.25, 0.3) is 11.1 Å². The summed E-state index contributed by atoms with van der Waals surface area (Å²) >= 11 is 7.35. The summed E-state index contributed by atoms with van der Waals surface area (Å²) in [5.74, 6) is 1.35. The van der Waals surface area contributed by atoms with E-state index in [9.17, 15) is 0 Å². The molecule has 2 aromatic carbocycles. The molecule has 3 rings (SSSR count). The fraction of sp³-hybridized carbons (Fsp3) is 0.133. The van der Waals surface area contributed by atoms with Gasteiger partial charge in [0.1, 0.15) is 5.52 Å². The summed E-state index contributed by atoms with van der Waals surface area (Å²) in [5.41, 5.74) is 1.45. The Morgan fingerprint density at radius 2 is 1.86 bits per heavy atom. The molecule has 3 aromatic rings. The minimum Gasteiger partial charge on any atom is -0.493 e. The highest BCUT2D eigenvalue weighted by Crippen LogP contribution is 2.36. The molecule has 21 heavy (non-hydrogen) atoms. The van der Waals surface area contributed by atoms with Gasteiger partial charge in [-0.1, -0.05) is 11.6 Å². The summed E-state index contributed by atoms with van der Waals surface area (Å²) < 4.78 is 16.2. The third kappa shape index (κ3) is 2.94. The molecule has 4 nitrogen and oxygen atoms in total. The van der Waals surface area contributed by atoms with Gasteiger partial charge in [0.15, 0.2) is 17.1 Å². The number of methoxy groups -OCH3 is 2. The van der Waals surface area contributed by atoms with Crippen LogP contribution in [0.4, 0.5) is 0 Å². The Morgan fingerprint density at radius 1 is 1.05 bits per heavy atom. The molecule has 1 heterocycles. The van der Waals surface area contributed by atoms with Gasteiger partial charge in [-0.05, 0) is 48.2 Å². The Balaban J connectivity index is 1.91. The molecular formula is C15H12ClNO3S. The quantitative estimate of drug-likeness (QED) is 0.700. The molecule has 0 N–H and O–H groups in total. The number of fused-ring (bicyclic) bond motifs is 1. The molecule has 108 valence electrons. The molecule has 0 saturated carbocycles. The number of aromatic nitrogens is 1. The van der Waals surface area contributed by atoms with E-state index < -0.39 is 0 Å². The van der Waals surface area contributed by atoms with Crippen LogP contribution >= 0.6 is 23.4 Å². The van der Waals surface area contributed by atoms with E-state index in [1.165, 1.54) is 11.8 Å². The van der Waals surface area contributed by atoms with Crippen LogP contribution in [-0.2, 0) is 0 Å². The zero-order valence-corrected chi connectivity index (χ0v) is 13.0. The van der Waals surface area contributed by atoms with Gasteiger partial charge in [0, 0.05) is 9.92 Å². The maximum atomic E-state index is 5.94. The van der Waals surface area contributed by atoms with E-state index >= 15 is 0 Å². The minimum absolute atomic E-state index is 0.555. The highest BCUT2D eigenvalue weighted by atomic mass is 35.5. The second-order valence-electron chi connectivity index (χ2n) is 4.21. The number of hydrogen-bond donors (Lipinski definition) is 0. The van der Waals surface area contributed by atoms with Crippen LogP contribution in [0.2, 0.25) is 5.02 Å². The molecule has 0 fully saturated rings. The Bertz CT molecular complexity index is 788. The molecule has 0 aliphatic rings. The number of benzene rings is 2. The van der Waals surface area contributed by atoms with Crippen molar-refractivity contribution >= 4 is 34.5 Å². The van der Waals surface area contributed by atoms with Crippen molar-refractivity contribution in [1.29, 1.82) is 0 Å². The molecule has 0 bridgehead atoms. The molecule has 0 saturated heterocycles. The monoisotopic (exact) mass is 321 g/mol. The highest BCUT2D eigenvalue weighted by Gasteiger charge is 2.10. The van der Waals surface area contributed by atoms with Gasteiger partial charge in [-0.25, -0.2) is 4.98 Å². The first-order valence-corrected chi connectivity index (χ1v) is 7.35. The standard InChI is InChI=1S/C15H12ClNO3S/c1-18-13-6-4-10(8-14(13)19-2)21-15-17-11-7-9(16)3-5-12(11)20-15/h3-8H,1-2H3. The number of halogens is 1. The lowest BCUT2D eigenvalue weighted by Gasteiger charge is -2.08. The minimum atomic E-state index is 0.555. The molecule has 1 aromatic heterocycles. The molecule has 0 amide bonds. The lowest BCUT2D eigenvalue weighted by Crippen LogP contribution is -1.90. The van der Waals surface area contributed by atoms with E-state index in [1.807, 2.05) is 24.3 Å². The van der Waals surface area contributed by atoms with Gasteiger partial charge < -0.3 is 13.9 Å². The normalized spacial score (nSPS) is 10.8. The molecule has 0 unspecified atom stereocenters. The van der Waals surface area contributed by atoms with Crippen molar-refractivity contribution in [3.05, 3.63) is 41.4 Å². The van der Waals surface area contributed by atoms with Gasteiger partial charge in [0.05, 0.1) is 14.2 Å². The Morgan fingerprint density at radius 3 is 2.62 bits per heavy atom. The average Bonchev–Trinajstić information content (AvgIpc) is 2.88. The van der Waals surface area contributed by atoms with Crippen LogP contribution in [-0.4, -0.2) is 19.2 Å². The van der Waals surface area contributed by atoms with E-state index in [2.05, 4.69) is 4.98 Å². The van der Waals surface area contributed by atoms with E-state index in [1.54, 1.807) is 26.4 Å². The number of oxazole rings is 1. The molecule has 0 aliphatic carbocycles. The summed E-state index contributed by atoms with van der Waals surface area (Å²) in [6, 6.07) is 11.0. The van der Waals surface area contributed by atoms with Gasteiger partial charge in [0.2, 0.25) is 0 Å². The fourth-order valence-corrected chi connectivity index (χ4v) is 2.85. The molecule has 0 aliphatic heterocycles. The van der Waals surface area contributed by atoms with Crippen molar-refractivity contribution < 1.29 is 13.9 Å². The van der Waals surface area contributed by atoms with Crippen molar-refractivity contribution in [3.63, 3.8) is 0 Å². The second-order valence-corrected chi connectivity index (χ2v) is 5.67. The van der Waals surface area contributed by atoms with Gasteiger partial charge in [0.25, 0.3) is 5.22 Å². The number of rotatable bonds is 4. The third-order valence-corrected chi connectivity index (χ3v) is 3.96. The first-order chi connectivity index (χ1) is 10.2. The molecule has 0 radical (unpaired) electrons. The summed E-state index contributed by atoms with van der Waals surface area (Å²) in [4.78, 5) is 5.36. The zero-order chi connectivity index (χ0) is 14.8. The average molecular weight is 322 g/mol. The predicted molar refractivity (Wildman–Crippen MR) is 82.7 cm³/mol. The van der Waals surface area contributed by atoms with Gasteiger partial charge >= 0.3 is 0 Å². The predicted octanol–water partition coefficient (Wildman–Crippen LogP) is 4.65. The molecule has 0 spiro atoms. The largest absolute Gasteiger partial charge is 0.493 e. The van der Waals surface area contributed by atoms with Crippen molar-refractivity contribution in [2.45, 2.75) is 10.1 Å². The van der Waals surface area contributed by atoms with Crippen LogP contribution in [0.5, 0.6) is 11.5 Å². The summed E-state index contributed by atoms with van der Waals surface area (Å²) in [6.45, 7) is 0. The topological polar surface area (TPSA) is 44.5 Å². The zero-order valence-electron chi connectivity index (χ0n) is 11.4. The second kappa shape index (κ2) is 5.87. The first kappa shape index (κ1) is 14.1. The van der Waals surface area contributed by atoms with Crippen LogP contribution in [0.1, 0.15) is 0 Å². The SMILES string of the molecule is COc1ccc(Sc2nc3cc(Cl)ccc3o2)cc1OC. The summed E-state index contributed by atoms with van der Waals surface area (Å²) in [7, 11) is 3.21. The molecule has 0 atom stereocenters. The number of nitrogens with zero attached hydrogens (tertiary/aromatic N) is 1.